The lowest BCUT2D eigenvalue weighted by Gasteiger charge is -2.08. The number of aliphatic hydroxyl groups excluding tert-OH is 1. The summed E-state index contributed by atoms with van der Waals surface area (Å²) in [6, 6.07) is 9.03. The van der Waals surface area contributed by atoms with Crippen molar-refractivity contribution in [1.82, 2.24) is 15.1 Å². The van der Waals surface area contributed by atoms with Gasteiger partial charge in [0.1, 0.15) is 11.7 Å². The fourth-order valence-corrected chi connectivity index (χ4v) is 1.97. The first-order valence-corrected chi connectivity index (χ1v) is 6.28. The zero-order valence-electron chi connectivity index (χ0n) is 10.9. The highest BCUT2D eigenvalue weighted by Gasteiger charge is 2.21. The van der Waals surface area contributed by atoms with Gasteiger partial charge in [-0.3, -0.25) is 4.98 Å². The van der Waals surface area contributed by atoms with Crippen molar-refractivity contribution in [1.29, 1.82) is 0 Å². The molecule has 2 heterocycles. The molecule has 102 valence electrons. The molecule has 0 aliphatic rings. The van der Waals surface area contributed by atoms with Gasteiger partial charge in [-0.05, 0) is 18.4 Å². The van der Waals surface area contributed by atoms with Gasteiger partial charge in [-0.15, -0.1) is 0 Å². The minimum Gasteiger partial charge on any atom is -0.391 e. The van der Waals surface area contributed by atoms with Crippen molar-refractivity contribution >= 4 is 10.8 Å². The van der Waals surface area contributed by atoms with Gasteiger partial charge >= 0.3 is 0 Å². The van der Waals surface area contributed by atoms with Crippen molar-refractivity contribution in [2.24, 2.45) is 5.73 Å². The first-order valence-electron chi connectivity index (χ1n) is 6.28. The molecule has 0 saturated heterocycles. The van der Waals surface area contributed by atoms with Crippen LogP contribution in [0.2, 0.25) is 0 Å². The Kier molecular flexibility index (Phi) is 3.17. The second kappa shape index (κ2) is 4.99. The predicted molar refractivity (Wildman–Crippen MR) is 73.6 cm³/mol. The summed E-state index contributed by atoms with van der Waals surface area (Å²) in [6.07, 6.45) is 0.936. The van der Waals surface area contributed by atoms with Crippen molar-refractivity contribution in [3.63, 3.8) is 0 Å². The average Bonchev–Trinajstić information content (AvgIpc) is 2.95. The number of nitrogens with zero attached hydrogens (tertiary/aromatic N) is 3. The quantitative estimate of drug-likeness (QED) is 0.751. The molecule has 3 aromatic rings. The summed E-state index contributed by atoms with van der Waals surface area (Å²) in [7, 11) is 0. The third-order valence-corrected chi connectivity index (χ3v) is 3.13. The van der Waals surface area contributed by atoms with Gasteiger partial charge in [-0.2, -0.15) is 4.98 Å². The second-order valence-corrected chi connectivity index (χ2v) is 4.60. The number of benzene rings is 1. The SMILES string of the molecule is CC(O)C(N)c1nc(-c2nccc3ccccc23)no1. The number of rotatable bonds is 3. The monoisotopic (exact) mass is 270 g/mol. The zero-order chi connectivity index (χ0) is 14.1. The van der Waals surface area contributed by atoms with E-state index in [1.54, 1.807) is 13.1 Å². The molecular formula is C14H14N4O2. The molecule has 0 aliphatic heterocycles. The lowest BCUT2D eigenvalue weighted by atomic mass is 10.1. The van der Waals surface area contributed by atoms with Gasteiger partial charge in [0, 0.05) is 11.6 Å². The molecule has 2 atom stereocenters. The maximum Gasteiger partial charge on any atom is 0.246 e. The minimum atomic E-state index is -0.760. The number of hydrogen-bond donors (Lipinski definition) is 2. The lowest BCUT2D eigenvalue weighted by molar-refractivity contribution is 0.146. The van der Waals surface area contributed by atoms with E-state index in [9.17, 15) is 5.11 Å². The van der Waals surface area contributed by atoms with E-state index >= 15 is 0 Å². The van der Waals surface area contributed by atoms with Crippen LogP contribution in [0.15, 0.2) is 41.1 Å². The normalized spacial score (nSPS) is 14.3. The number of aromatic nitrogens is 3. The van der Waals surface area contributed by atoms with Crippen LogP contribution in [0.1, 0.15) is 18.9 Å². The van der Waals surface area contributed by atoms with Crippen LogP contribution in [-0.4, -0.2) is 26.3 Å². The Hall–Kier alpha value is -2.31. The van der Waals surface area contributed by atoms with Crippen LogP contribution in [0, 0.1) is 0 Å². The van der Waals surface area contributed by atoms with E-state index in [1.807, 2.05) is 30.3 Å². The fraction of sp³-hybridized carbons (Fsp3) is 0.214. The topological polar surface area (TPSA) is 98.1 Å². The van der Waals surface area contributed by atoms with Crippen LogP contribution in [-0.2, 0) is 0 Å². The number of nitrogens with two attached hydrogens (primary N) is 1. The van der Waals surface area contributed by atoms with Crippen LogP contribution < -0.4 is 5.73 Å². The molecule has 1 aromatic carbocycles. The maximum absolute atomic E-state index is 9.46. The van der Waals surface area contributed by atoms with Gasteiger partial charge in [0.05, 0.1) is 6.10 Å². The van der Waals surface area contributed by atoms with Crippen molar-refractivity contribution in [2.75, 3.05) is 0 Å². The van der Waals surface area contributed by atoms with Crippen LogP contribution in [0.4, 0.5) is 0 Å². The van der Waals surface area contributed by atoms with Crippen molar-refractivity contribution < 1.29 is 9.63 Å². The van der Waals surface area contributed by atoms with E-state index < -0.39 is 12.1 Å². The first-order chi connectivity index (χ1) is 9.66. The Morgan fingerprint density at radius 3 is 2.85 bits per heavy atom. The largest absolute Gasteiger partial charge is 0.391 e. The Bertz CT molecular complexity index is 733. The average molecular weight is 270 g/mol. The highest BCUT2D eigenvalue weighted by molar-refractivity contribution is 5.92. The fourth-order valence-electron chi connectivity index (χ4n) is 1.97. The molecule has 3 rings (SSSR count). The smallest absolute Gasteiger partial charge is 0.246 e. The molecule has 2 unspecified atom stereocenters. The lowest BCUT2D eigenvalue weighted by Crippen LogP contribution is -2.23. The number of pyridine rings is 1. The molecule has 0 spiro atoms. The molecule has 0 aliphatic carbocycles. The van der Waals surface area contributed by atoms with Crippen LogP contribution >= 0.6 is 0 Å². The molecule has 2 aromatic heterocycles. The minimum absolute atomic E-state index is 0.199. The van der Waals surface area contributed by atoms with Crippen LogP contribution in [0.25, 0.3) is 22.3 Å². The summed E-state index contributed by atoms with van der Waals surface area (Å²) in [4.78, 5) is 8.53. The summed E-state index contributed by atoms with van der Waals surface area (Å²) in [5.74, 6) is 0.567. The Morgan fingerprint density at radius 2 is 2.05 bits per heavy atom. The van der Waals surface area contributed by atoms with E-state index in [2.05, 4.69) is 15.1 Å². The Morgan fingerprint density at radius 1 is 1.25 bits per heavy atom. The van der Waals surface area contributed by atoms with Gasteiger partial charge < -0.3 is 15.4 Å². The van der Waals surface area contributed by atoms with Gasteiger partial charge in [0.25, 0.3) is 0 Å². The third-order valence-electron chi connectivity index (χ3n) is 3.13. The summed E-state index contributed by atoms with van der Waals surface area (Å²) in [5.41, 5.74) is 6.41. The van der Waals surface area contributed by atoms with E-state index in [0.717, 1.165) is 10.8 Å². The molecule has 6 heteroatoms. The molecule has 0 fully saturated rings. The van der Waals surface area contributed by atoms with E-state index in [1.165, 1.54) is 0 Å². The molecular weight excluding hydrogens is 256 g/mol. The highest BCUT2D eigenvalue weighted by Crippen LogP contribution is 2.25. The first kappa shape index (κ1) is 12.7. The van der Waals surface area contributed by atoms with Gasteiger partial charge in [-0.1, -0.05) is 29.4 Å². The van der Waals surface area contributed by atoms with Crippen LogP contribution in [0.3, 0.4) is 0 Å². The summed E-state index contributed by atoms with van der Waals surface area (Å²) < 4.78 is 5.10. The third kappa shape index (κ3) is 2.15. The van der Waals surface area contributed by atoms with E-state index in [0.29, 0.717) is 11.5 Å². The number of fused-ring (bicyclic) bond motifs is 1. The highest BCUT2D eigenvalue weighted by atomic mass is 16.5. The molecule has 6 nitrogen and oxygen atoms in total. The van der Waals surface area contributed by atoms with Crippen molar-refractivity contribution in [3.8, 4) is 11.5 Å². The van der Waals surface area contributed by atoms with Crippen LogP contribution in [0.5, 0.6) is 0 Å². The Balaban J connectivity index is 2.08. The van der Waals surface area contributed by atoms with Crippen molar-refractivity contribution in [3.05, 3.63) is 42.4 Å². The molecule has 20 heavy (non-hydrogen) atoms. The van der Waals surface area contributed by atoms with Gasteiger partial charge in [0.15, 0.2) is 0 Å². The summed E-state index contributed by atoms with van der Waals surface area (Å²) in [6.45, 7) is 1.57. The molecule has 3 N–H and O–H groups in total. The number of hydrogen-bond acceptors (Lipinski definition) is 6. The number of aliphatic hydroxyl groups is 1. The molecule has 0 bridgehead atoms. The molecule has 0 radical (unpaired) electrons. The summed E-state index contributed by atoms with van der Waals surface area (Å²) >= 11 is 0. The maximum atomic E-state index is 9.46. The molecule has 0 amide bonds. The zero-order valence-corrected chi connectivity index (χ0v) is 10.9. The van der Waals surface area contributed by atoms with E-state index in [-0.39, 0.29) is 5.89 Å². The van der Waals surface area contributed by atoms with Gasteiger partial charge in [-0.25, -0.2) is 0 Å². The molecule has 0 saturated carbocycles. The van der Waals surface area contributed by atoms with Crippen molar-refractivity contribution in [2.45, 2.75) is 19.1 Å². The predicted octanol–water partition coefficient (Wildman–Crippen LogP) is 1.67. The van der Waals surface area contributed by atoms with Gasteiger partial charge in [0.2, 0.25) is 11.7 Å². The van der Waals surface area contributed by atoms with E-state index in [4.69, 9.17) is 10.3 Å². The Labute approximate surface area is 115 Å². The summed E-state index contributed by atoms with van der Waals surface area (Å²) in [5, 5.41) is 15.3. The standard InChI is InChI=1S/C14H14N4O2/c1-8(19)11(15)14-17-13(18-20-14)12-10-5-3-2-4-9(10)6-7-16-12/h2-8,11,19H,15H2,1H3. The second-order valence-electron chi connectivity index (χ2n) is 4.60.